The van der Waals surface area contributed by atoms with Gasteiger partial charge in [-0.25, -0.2) is 0 Å². The van der Waals surface area contributed by atoms with E-state index < -0.39 is 0 Å². The molecule has 1 N–H and O–H groups in total. The van der Waals surface area contributed by atoms with Crippen molar-refractivity contribution in [1.29, 1.82) is 0 Å². The van der Waals surface area contributed by atoms with Crippen molar-refractivity contribution in [3.05, 3.63) is 11.7 Å². The maximum Gasteiger partial charge on any atom is 0.229 e. The van der Waals surface area contributed by atoms with Crippen LogP contribution in [0.3, 0.4) is 0 Å². The van der Waals surface area contributed by atoms with Gasteiger partial charge in [0.1, 0.15) is 0 Å². The van der Waals surface area contributed by atoms with Gasteiger partial charge >= 0.3 is 0 Å². The van der Waals surface area contributed by atoms with E-state index in [9.17, 15) is 0 Å². The molecule has 19 heavy (non-hydrogen) atoms. The van der Waals surface area contributed by atoms with E-state index in [1.807, 2.05) is 11.8 Å². The van der Waals surface area contributed by atoms with Gasteiger partial charge in [-0.15, -0.1) is 0 Å². The summed E-state index contributed by atoms with van der Waals surface area (Å²) in [7, 11) is 0. The molecule has 0 bridgehead atoms. The summed E-state index contributed by atoms with van der Waals surface area (Å²) in [6.07, 6.45) is 7.31. The van der Waals surface area contributed by atoms with Crippen LogP contribution in [-0.2, 0) is 0 Å². The second-order valence-electron chi connectivity index (χ2n) is 5.60. The van der Waals surface area contributed by atoms with Crippen molar-refractivity contribution in [2.24, 2.45) is 0 Å². The van der Waals surface area contributed by atoms with Gasteiger partial charge < -0.3 is 9.84 Å². The van der Waals surface area contributed by atoms with Gasteiger partial charge in [0.15, 0.2) is 5.82 Å². The molecule has 1 saturated heterocycles. The lowest BCUT2D eigenvalue weighted by atomic mass is 9.86. The van der Waals surface area contributed by atoms with Gasteiger partial charge in [-0.05, 0) is 50.8 Å². The summed E-state index contributed by atoms with van der Waals surface area (Å²) in [5.74, 6) is 3.55. The predicted molar refractivity (Wildman–Crippen MR) is 77.4 cm³/mol. The SMILES string of the molecule is CCNC1CCC(c2nc(C3CCCS3)no2)CC1. The highest BCUT2D eigenvalue weighted by Crippen LogP contribution is 2.39. The fraction of sp³-hybridized carbons (Fsp3) is 0.857. The summed E-state index contributed by atoms with van der Waals surface area (Å²) in [6.45, 7) is 3.24. The number of rotatable bonds is 4. The molecule has 1 saturated carbocycles. The van der Waals surface area contributed by atoms with Crippen molar-refractivity contribution < 1.29 is 4.52 Å². The molecule has 0 spiro atoms. The molecule has 1 aromatic heterocycles. The van der Waals surface area contributed by atoms with E-state index in [1.54, 1.807) is 0 Å². The molecule has 2 aliphatic rings. The Hall–Kier alpha value is -0.550. The smallest absolute Gasteiger partial charge is 0.229 e. The Morgan fingerprint density at radius 1 is 1.26 bits per heavy atom. The Labute approximate surface area is 119 Å². The molecule has 1 unspecified atom stereocenters. The van der Waals surface area contributed by atoms with E-state index in [0.717, 1.165) is 18.3 Å². The second kappa shape index (κ2) is 6.27. The van der Waals surface area contributed by atoms with Gasteiger partial charge in [0.05, 0.1) is 5.25 Å². The minimum atomic E-state index is 0.482. The van der Waals surface area contributed by atoms with Crippen LogP contribution >= 0.6 is 11.8 Å². The minimum absolute atomic E-state index is 0.482. The maximum atomic E-state index is 5.52. The van der Waals surface area contributed by atoms with Crippen LogP contribution in [0.25, 0.3) is 0 Å². The standard InChI is InChI=1S/C14H23N3OS/c1-2-15-11-7-5-10(6-8-11)14-16-13(17-18-14)12-4-3-9-19-12/h10-12,15H,2-9H2,1H3. The summed E-state index contributed by atoms with van der Waals surface area (Å²) in [4.78, 5) is 4.67. The van der Waals surface area contributed by atoms with Crippen molar-refractivity contribution in [3.63, 3.8) is 0 Å². The molecule has 2 heterocycles. The molecule has 2 fully saturated rings. The van der Waals surface area contributed by atoms with E-state index >= 15 is 0 Å². The van der Waals surface area contributed by atoms with E-state index in [2.05, 4.69) is 22.4 Å². The van der Waals surface area contributed by atoms with Crippen LogP contribution < -0.4 is 5.32 Å². The molecule has 4 nitrogen and oxygen atoms in total. The number of nitrogens with one attached hydrogen (secondary N) is 1. The number of hydrogen-bond donors (Lipinski definition) is 1. The van der Waals surface area contributed by atoms with Crippen LogP contribution in [0.5, 0.6) is 0 Å². The van der Waals surface area contributed by atoms with Gasteiger partial charge in [0.2, 0.25) is 5.89 Å². The fourth-order valence-corrected chi connectivity index (χ4v) is 4.35. The Kier molecular flexibility index (Phi) is 4.43. The lowest BCUT2D eigenvalue weighted by molar-refractivity contribution is 0.283. The summed E-state index contributed by atoms with van der Waals surface area (Å²) in [5, 5.41) is 8.22. The lowest BCUT2D eigenvalue weighted by Gasteiger charge is -2.26. The van der Waals surface area contributed by atoms with Gasteiger partial charge in [-0.2, -0.15) is 16.7 Å². The van der Waals surface area contributed by atoms with Crippen LogP contribution in [0.2, 0.25) is 0 Å². The van der Waals surface area contributed by atoms with Crippen LogP contribution in [0.4, 0.5) is 0 Å². The molecule has 0 amide bonds. The van der Waals surface area contributed by atoms with Crippen molar-refractivity contribution in [2.45, 2.75) is 62.7 Å². The van der Waals surface area contributed by atoms with E-state index in [1.165, 1.54) is 44.3 Å². The summed E-state index contributed by atoms with van der Waals surface area (Å²) < 4.78 is 5.52. The topological polar surface area (TPSA) is 51.0 Å². The normalized spacial score (nSPS) is 31.7. The van der Waals surface area contributed by atoms with Crippen LogP contribution in [0.15, 0.2) is 4.52 Å². The van der Waals surface area contributed by atoms with Crippen molar-refractivity contribution in [2.75, 3.05) is 12.3 Å². The maximum absolute atomic E-state index is 5.52. The monoisotopic (exact) mass is 281 g/mol. The largest absolute Gasteiger partial charge is 0.339 e. The van der Waals surface area contributed by atoms with Gasteiger partial charge in [-0.3, -0.25) is 0 Å². The Bertz CT molecular complexity index is 395. The molecule has 3 rings (SSSR count). The zero-order valence-corrected chi connectivity index (χ0v) is 12.4. The molecule has 1 atom stereocenters. The van der Waals surface area contributed by atoms with Crippen molar-refractivity contribution in [3.8, 4) is 0 Å². The highest BCUT2D eigenvalue weighted by molar-refractivity contribution is 7.99. The van der Waals surface area contributed by atoms with Crippen LogP contribution in [0.1, 0.15) is 68.3 Å². The van der Waals surface area contributed by atoms with Gasteiger partial charge in [0, 0.05) is 12.0 Å². The van der Waals surface area contributed by atoms with E-state index in [0.29, 0.717) is 17.2 Å². The average Bonchev–Trinajstić information content (AvgIpc) is 3.11. The first-order valence-electron chi connectivity index (χ1n) is 7.55. The van der Waals surface area contributed by atoms with Crippen LogP contribution in [0, 0.1) is 0 Å². The van der Waals surface area contributed by atoms with Gasteiger partial charge in [-0.1, -0.05) is 12.1 Å². The number of hydrogen-bond acceptors (Lipinski definition) is 5. The Morgan fingerprint density at radius 2 is 2.11 bits per heavy atom. The third kappa shape index (κ3) is 3.14. The molecule has 0 radical (unpaired) electrons. The lowest BCUT2D eigenvalue weighted by Crippen LogP contribution is -2.32. The first-order chi connectivity index (χ1) is 9.36. The Balaban J connectivity index is 1.58. The molecule has 5 heteroatoms. The highest BCUT2D eigenvalue weighted by Gasteiger charge is 2.28. The number of aromatic nitrogens is 2. The zero-order chi connectivity index (χ0) is 13.1. The molecule has 1 aliphatic carbocycles. The summed E-state index contributed by atoms with van der Waals surface area (Å²) in [6, 6.07) is 0.689. The molecule has 0 aromatic carbocycles. The second-order valence-corrected chi connectivity index (χ2v) is 6.91. The molecule has 106 valence electrons. The first-order valence-corrected chi connectivity index (χ1v) is 8.60. The number of nitrogens with zero attached hydrogens (tertiary/aromatic N) is 2. The summed E-state index contributed by atoms with van der Waals surface area (Å²) in [5.41, 5.74) is 0. The molecular formula is C14H23N3OS. The van der Waals surface area contributed by atoms with Crippen molar-refractivity contribution in [1.82, 2.24) is 15.5 Å². The minimum Gasteiger partial charge on any atom is -0.339 e. The zero-order valence-electron chi connectivity index (χ0n) is 11.6. The van der Waals surface area contributed by atoms with Crippen molar-refractivity contribution >= 4 is 11.8 Å². The quantitative estimate of drug-likeness (QED) is 0.918. The molecular weight excluding hydrogens is 258 g/mol. The van der Waals surface area contributed by atoms with Crippen LogP contribution in [-0.4, -0.2) is 28.5 Å². The fourth-order valence-electron chi connectivity index (χ4n) is 3.16. The molecule has 1 aliphatic heterocycles. The van der Waals surface area contributed by atoms with E-state index in [-0.39, 0.29) is 0 Å². The average molecular weight is 281 g/mol. The third-order valence-electron chi connectivity index (χ3n) is 4.24. The molecule has 1 aromatic rings. The Morgan fingerprint density at radius 3 is 2.79 bits per heavy atom. The predicted octanol–water partition coefficient (Wildman–Crippen LogP) is 3.27. The third-order valence-corrected chi connectivity index (χ3v) is 5.62. The van der Waals surface area contributed by atoms with Gasteiger partial charge in [0.25, 0.3) is 0 Å². The highest BCUT2D eigenvalue weighted by atomic mass is 32.2. The first kappa shape index (κ1) is 13.4. The number of thioether (sulfide) groups is 1. The summed E-state index contributed by atoms with van der Waals surface area (Å²) >= 11 is 1.97. The van der Waals surface area contributed by atoms with E-state index in [4.69, 9.17) is 4.52 Å².